The second-order valence-corrected chi connectivity index (χ2v) is 5.49. The summed E-state index contributed by atoms with van der Waals surface area (Å²) in [7, 11) is 0. The lowest BCUT2D eigenvalue weighted by atomic mass is 10.2. The molecule has 0 bridgehead atoms. The maximum atomic E-state index is 13.0. The van der Waals surface area contributed by atoms with E-state index in [2.05, 4.69) is 0 Å². The molecule has 0 fully saturated rings. The number of halogens is 4. The van der Waals surface area contributed by atoms with Crippen LogP contribution in [0.1, 0.15) is 15.9 Å². The molecule has 0 aliphatic rings. The Bertz CT molecular complexity index is 702. The van der Waals surface area contributed by atoms with Crippen molar-refractivity contribution in [1.82, 2.24) is 5.43 Å². The number of nitrogen functional groups attached to an aromatic ring is 1. The van der Waals surface area contributed by atoms with Crippen LogP contribution in [0, 0.1) is 5.82 Å². The molecule has 22 heavy (non-hydrogen) atoms. The molecule has 0 aromatic heterocycles. The normalized spacial score (nSPS) is 10.4. The Morgan fingerprint density at radius 2 is 1.77 bits per heavy atom. The Hall–Kier alpha value is -1.53. The zero-order valence-electron chi connectivity index (χ0n) is 11.0. The maximum Gasteiger partial charge on any atom is 0.265 e. The fourth-order valence-electron chi connectivity index (χ4n) is 1.70. The van der Waals surface area contributed by atoms with Gasteiger partial charge in [0.2, 0.25) is 0 Å². The van der Waals surface area contributed by atoms with Crippen molar-refractivity contribution >= 4 is 40.7 Å². The number of carbonyl (C=O) groups is 1. The number of carbonyl (C=O) groups excluding carboxylic acids is 1. The Kier molecular flexibility index (Phi) is 5.47. The van der Waals surface area contributed by atoms with E-state index in [1.807, 2.05) is 5.43 Å². The van der Waals surface area contributed by atoms with Crippen LogP contribution in [0.4, 0.5) is 4.39 Å². The van der Waals surface area contributed by atoms with Gasteiger partial charge in [0.25, 0.3) is 5.91 Å². The molecule has 0 radical (unpaired) electrons. The second kappa shape index (κ2) is 7.15. The minimum atomic E-state index is -0.531. The summed E-state index contributed by atoms with van der Waals surface area (Å²) in [6.07, 6.45) is 0. The quantitative estimate of drug-likeness (QED) is 0.491. The van der Waals surface area contributed by atoms with Gasteiger partial charge in [0.1, 0.15) is 12.4 Å². The number of amides is 1. The molecule has 0 aliphatic heterocycles. The highest BCUT2D eigenvalue weighted by molar-refractivity contribution is 6.37. The lowest BCUT2D eigenvalue weighted by Gasteiger charge is -2.12. The van der Waals surface area contributed by atoms with Gasteiger partial charge in [-0.15, -0.1) is 0 Å². The van der Waals surface area contributed by atoms with Crippen LogP contribution in [-0.4, -0.2) is 5.91 Å². The molecule has 4 nitrogen and oxygen atoms in total. The largest absolute Gasteiger partial charge is 0.486 e. The van der Waals surface area contributed by atoms with E-state index in [4.69, 9.17) is 45.4 Å². The standard InChI is InChI=1S/C14H10Cl3FN2O2/c15-10-5-9(18)2-1-7(10)6-22-13-11(16)3-8(4-12(13)17)14(21)20-19/h1-5H,6,19H2,(H,20,21). The summed E-state index contributed by atoms with van der Waals surface area (Å²) in [5, 5.41) is 0.514. The topological polar surface area (TPSA) is 64.3 Å². The Morgan fingerprint density at radius 3 is 2.32 bits per heavy atom. The molecule has 2 aromatic carbocycles. The summed E-state index contributed by atoms with van der Waals surface area (Å²) in [6.45, 7) is 0.0426. The average molecular weight is 364 g/mol. The van der Waals surface area contributed by atoms with Crippen LogP contribution in [0.5, 0.6) is 5.75 Å². The highest BCUT2D eigenvalue weighted by Gasteiger charge is 2.14. The summed E-state index contributed by atoms with van der Waals surface area (Å²) >= 11 is 18.0. The van der Waals surface area contributed by atoms with Crippen LogP contribution in [0.25, 0.3) is 0 Å². The fourth-order valence-corrected chi connectivity index (χ4v) is 2.52. The third-order valence-electron chi connectivity index (χ3n) is 2.78. The highest BCUT2D eigenvalue weighted by atomic mass is 35.5. The van der Waals surface area contributed by atoms with Crippen LogP contribution in [0.2, 0.25) is 15.1 Å². The zero-order valence-corrected chi connectivity index (χ0v) is 13.3. The molecule has 0 atom stereocenters. The Labute approximate surface area is 140 Å². The first-order valence-electron chi connectivity index (χ1n) is 5.99. The third kappa shape index (κ3) is 3.81. The van der Waals surface area contributed by atoms with E-state index >= 15 is 0 Å². The first-order valence-corrected chi connectivity index (χ1v) is 7.12. The summed E-state index contributed by atoms with van der Waals surface area (Å²) in [5.41, 5.74) is 2.74. The van der Waals surface area contributed by atoms with Crippen molar-refractivity contribution in [3.63, 3.8) is 0 Å². The molecule has 0 spiro atoms. The van der Waals surface area contributed by atoms with Gasteiger partial charge < -0.3 is 4.74 Å². The molecule has 0 unspecified atom stereocenters. The summed E-state index contributed by atoms with van der Waals surface area (Å²) in [6, 6.07) is 6.69. The molecule has 0 saturated carbocycles. The lowest BCUT2D eigenvalue weighted by molar-refractivity contribution is 0.0953. The minimum Gasteiger partial charge on any atom is -0.486 e. The molecule has 1 amide bonds. The van der Waals surface area contributed by atoms with E-state index < -0.39 is 11.7 Å². The second-order valence-electron chi connectivity index (χ2n) is 4.27. The molecule has 2 aromatic rings. The van der Waals surface area contributed by atoms with Crippen molar-refractivity contribution in [2.75, 3.05) is 0 Å². The van der Waals surface area contributed by atoms with Crippen molar-refractivity contribution < 1.29 is 13.9 Å². The average Bonchev–Trinajstić information content (AvgIpc) is 2.47. The van der Waals surface area contributed by atoms with E-state index in [9.17, 15) is 9.18 Å². The number of nitrogens with two attached hydrogens (primary N) is 1. The van der Waals surface area contributed by atoms with Gasteiger partial charge in [-0.1, -0.05) is 40.9 Å². The predicted octanol–water partition coefficient (Wildman–Crippen LogP) is 3.97. The Balaban J connectivity index is 2.21. The van der Waals surface area contributed by atoms with Crippen LogP contribution in [0.3, 0.4) is 0 Å². The van der Waals surface area contributed by atoms with Crippen molar-refractivity contribution in [3.8, 4) is 5.75 Å². The van der Waals surface area contributed by atoms with E-state index in [0.717, 1.165) is 0 Å². The molecule has 0 aliphatic carbocycles. The molecule has 116 valence electrons. The maximum absolute atomic E-state index is 13.0. The van der Waals surface area contributed by atoms with Crippen molar-refractivity contribution in [2.45, 2.75) is 6.61 Å². The van der Waals surface area contributed by atoms with Crippen molar-refractivity contribution in [1.29, 1.82) is 0 Å². The summed E-state index contributed by atoms with van der Waals surface area (Å²) in [5.74, 6) is 4.26. The highest BCUT2D eigenvalue weighted by Crippen LogP contribution is 2.35. The SMILES string of the molecule is NNC(=O)c1cc(Cl)c(OCc2ccc(F)cc2Cl)c(Cl)c1. The van der Waals surface area contributed by atoms with Crippen LogP contribution in [-0.2, 0) is 6.61 Å². The number of benzene rings is 2. The lowest BCUT2D eigenvalue weighted by Crippen LogP contribution is -2.29. The number of hydrogen-bond acceptors (Lipinski definition) is 3. The van der Waals surface area contributed by atoms with Gasteiger partial charge >= 0.3 is 0 Å². The third-order valence-corrected chi connectivity index (χ3v) is 3.69. The first-order chi connectivity index (χ1) is 10.4. The number of hydrogen-bond donors (Lipinski definition) is 2. The van der Waals surface area contributed by atoms with Crippen LogP contribution >= 0.6 is 34.8 Å². The molecule has 8 heteroatoms. The van der Waals surface area contributed by atoms with Crippen LogP contribution in [0.15, 0.2) is 30.3 Å². The van der Waals surface area contributed by atoms with E-state index in [1.54, 1.807) is 0 Å². The molecule has 0 saturated heterocycles. The van der Waals surface area contributed by atoms with Gasteiger partial charge in [-0.25, -0.2) is 10.2 Å². The number of ether oxygens (including phenoxy) is 1. The van der Waals surface area contributed by atoms with Crippen LogP contribution < -0.4 is 16.0 Å². The molecular weight excluding hydrogens is 354 g/mol. The number of rotatable bonds is 4. The first kappa shape index (κ1) is 16.8. The molecule has 3 N–H and O–H groups in total. The Morgan fingerprint density at radius 1 is 1.14 bits per heavy atom. The smallest absolute Gasteiger partial charge is 0.265 e. The van der Waals surface area contributed by atoms with Crippen molar-refractivity contribution in [2.24, 2.45) is 5.84 Å². The minimum absolute atomic E-state index is 0.0426. The van der Waals surface area contributed by atoms with Crippen molar-refractivity contribution in [3.05, 3.63) is 62.3 Å². The number of hydrazine groups is 1. The zero-order chi connectivity index (χ0) is 16.3. The van der Waals surface area contributed by atoms with Gasteiger partial charge in [0.05, 0.1) is 15.1 Å². The van der Waals surface area contributed by atoms with Gasteiger partial charge in [-0.3, -0.25) is 10.2 Å². The molecule has 0 heterocycles. The molecule has 2 rings (SSSR count). The number of nitrogens with one attached hydrogen (secondary N) is 1. The summed E-state index contributed by atoms with van der Waals surface area (Å²) in [4.78, 5) is 11.4. The van der Waals surface area contributed by atoms with Gasteiger partial charge in [-0.2, -0.15) is 0 Å². The van der Waals surface area contributed by atoms with Gasteiger partial charge in [-0.05, 0) is 24.3 Å². The van der Waals surface area contributed by atoms with E-state index in [0.29, 0.717) is 5.56 Å². The van der Waals surface area contributed by atoms with Gasteiger partial charge in [0, 0.05) is 11.1 Å². The fraction of sp³-hybridized carbons (Fsp3) is 0.0714. The monoisotopic (exact) mass is 362 g/mol. The summed E-state index contributed by atoms with van der Waals surface area (Å²) < 4.78 is 18.5. The van der Waals surface area contributed by atoms with Gasteiger partial charge in [0.15, 0.2) is 5.75 Å². The van der Waals surface area contributed by atoms with E-state index in [1.165, 1.54) is 30.3 Å². The predicted molar refractivity (Wildman–Crippen MR) is 83.9 cm³/mol. The molecular formula is C14H10Cl3FN2O2. The van der Waals surface area contributed by atoms with E-state index in [-0.39, 0.29) is 33.0 Å².